The lowest BCUT2D eigenvalue weighted by molar-refractivity contribution is -0.138. The van der Waals surface area contributed by atoms with Gasteiger partial charge in [-0.1, -0.05) is 29.4 Å². The molecule has 1 rings (SSSR count). The van der Waals surface area contributed by atoms with Crippen molar-refractivity contribution in [3.05, 3.63) is 11.6 Å². The molecule has 0 saturated carbocycles. The molecule has 0 bridgehead atoms. The third-order valence-electron chi connectivity index (χ3n) is 1.18. The van der Waals surface area contributed by atoms with Crippen LogP contribution in [0.15, 0.2) is 16.8 Å². The fraction of sp³-hybridized carbons (Fsp3) is 0.333. The molecule has 1 aromatic heterocycles. The van der Waals surface area contributed by atoms with Crippen LogP contribution in [0.1, 0.15) is 0 Å². The van der Waals surface area contributed by atoms with E-state index in [2.05, 4.69) is 15.5 Å². The van der Waals surface area contributed by atoms with Gasteiger partial charge in [0, 0.05) is 11.3 Å². The standard InChI is InChI=1S/C6H7ClN4O2S/c7-2-1-3-14-6-8-9-10-11(6)4-5(12)13/h1-2H,3-4H2,(H,12,13). The summed E-state index contributed by atoms with van der Waals surface area (Å²) in [5.74, 6) is -0.379. The van der Waals surface area contributed by atoms with Crippen LogP contribution in [0.3, 0.4) is 0 Å². The van der Waals surface area contributed by atoms with Crippen molar-refractivity contribution in [2.75, 3.05) is 5.75 Å². The van der Waals surface area contributed by atoms with Gasteiger partial charge < -0.3 is 5.11 Å². The van der Waals surface area contributed by atoms with Gasteiger partial charge in [0.05, 0.1) is 0 Å². The van der Waals surface area contributed by atoms with Crippen molar-refractivity contribution in [2.45, 2.75) is 11.7 Å². The third kappa shape index (κ3) is 3.35. The van der Waals surface area contributed by atoms with Crippen molar-refractivity contribution in [1.29, 1.82) is 0 Å². The Bertz CT molecular complexity index is 340. The quantitative estimate of drug-likeness (QED) is 0.752. The van der Waals surface area contributed by atoms with Crippen molar-refractivity contribution in [3.63, 3.8) is 0 Å². The van der Waals surface area contributed by atoms with Crippen LogP contribution in [0, 0.1) is 0 Å². The Balaban J connectivity index is 2.57. The van der Waals surface area contributed by atoms with Gasteiger partial charge in [0.2, 0.25) is 5.16 Å². The molecule has 8 heteroatoms. The number of hydrogen-bond acceptors (Lipinski definition) is 5. The highest BCUT2D eigenvalue weighted by molar-refractivity contribution is 7.99. The summed E-state index contributed by atoms with van der Waals surface area (Å²) in [4.78, 5) is 10.4. The molecule has 0 aliphatic carbocycles. The maximum absolute atomic E-state index is 10.4. The van der Waals surface area contributed by atoms with Gasteiger partial charge >= 0.3 is 5.97 Å². The van der Waals surface area contributed by atoms with E-state index in [9.17, 15) is 4.79 Å². The lowest BCUT2D eigenvalue weighted by Gasteiger charge is -1.97. The SMILES string of the molecule is O=C(O)Cn1nnnc1SCC=CCl. The van der Waals surface area contributed by atoms with Crippen LogP contribution in [0.5, 0.6) is 0 Å². The molecule has 6 nitrogen and oxygen atoms in total. The number of aromatic nitrogens is 4. The molecule has 0 spiro atoms. The maximum Gasteiger partial charge on any atom is 0.325 e. The van der Waals surface area contributed by atoms with Crippen LogP contribution in [0.25, 0.3) is 0 Å². The first-order valence-electron chi connectivity index (χ1n) is 3.60. The molecule has 1 N–H and O–H groups in total. The van der Waals surface area contributed by atoms with Gasteiger partial charge in [-0.25, -0.2) is 4.68 Å². The Morgan fingerprint density at radius 1 is 1.71 bits per heavy atom. The zero-order valence-electron chi connectivity index (χ0n) is 7.00. The Labute approximate surface area is 88.9 Å². The number of tetrazole rings is 1. The van der Waals surface area contributed by atoms with Crippen molar-refractivity contribution in [3.8, 4) is 0 Å². The van der Waals surface area contributed by atoms with Crippen LogP contribution in [0.2, 0.25) is 0 Å². The maximum atomic E-state index is 10.4. The smallest absolute Gasteiger partial charge is 0.325 e. The zero-order valence-corrected chi connectivity index (χ0v) is 8.57. The Morgan fingerprint density at radius 3 is 3.14 bits per heavy atom. The molecule has 0 fully saturated rings. The largest absolute Gasteiger partial charge is 0.480 e. The number of hydrogen-bond donors (Lipinski definition) is 1. The molecule has 0 aliphatic heterocycles. The number of carbonyl (C=O) groups is 1. The average Bonchev–Trinajstić information content (AvgIpc) is 2.52. The second-order valence-corrected chi connectivity index (χ2v) is 3.42. The number of carboxylic acid groups (broad SMARTS) is 1. The van der Waals surface area contributed by atoms with Crippen molar-refractivity contribution >= 4 is 29.3 Å². The van der Waals surface area contributed by atoms with Crippen molar-refractivity contribution in [1.82, 2.24) is 20.2 Å². The number of nitrogens with zero attached hydrogens (tertiary/aromatic N) is 4. The number of aliphatic carboxylic acids is 1. The van der Waals surface area contributed by atoms with Crippen LogP contribution in [-0.2, 0) is 11.3 Å². The first-order valence-corrected chi connectivity index (χ1v) is 5.02. The highest BCUT2D eigenvalue weighted by Gasteiger charge is 2.08. The molecule has 14 heavy (non-hydrogen) atoms. The minimum atomic E-state index is -0.980. The molecule has 0 saturated heterocycles. The molecule has 0 aromatic carbocycles. The molecule has 0 aliphatic rings. The van der Waals surface area contributed by atoms with Gasteiger partial charge in [-0.2, -0.15) is 0 Å². The highest BCUT2D eigenvalue weighted by atomic mass is 35.5. The van der Waals surface area contributed by atoms with E-state index in [-0.39, 0.29) is 6.54 Å². The summed E-state index contributed by atoms with van der Waals surface area (Å²) in [6.07, 6.45) is 1.71. The number of rotatable bonds is 5. The van der Waals surface area contributed by atoms with Gasteiger partial charge in [0.25, 0.3) is 0 Å². The summed E-state index contributed by atoms with van der Waals surface area (Å²) in [6.45, 7) is -0.236. The minimum absolute atomic E-state index is 0.236. The highest BCUT2D eigenvalue weighted by Crippen LogP contribution is 2.13. The summed E-state index contributed by atoms with van der Waals surface area (Å²) in [7, 11) is 0. The molecule has 0 radical (unpaired) electrons. The predicted molar refractivity (Wildman–Crippen MR) is 51.2 cm³/mol. The van der Waals surface area contributed by atoms with Gasteiger partial charge in [0.15, 0.2) is 0 Å². The Morgan fingerprint density at radius 2 is 2.50 bits per heavy atom. The normalized spacial score (nSPS) is 10.9. The summed E-state index contributed by atoms with van der Waals surface area (Å²) >= 11 is 6.63. The molecule has 76 valence electrons. The zero-order chi connectivity index (χ0) is 10.4. The van der Waals surface area contributed by atoms with E-state index in [0.29, 0.717) is 10.9 Å². The predicted octanol–water partition coefficient (Wildman–Crippen LogP) is 0.602. The topological polar surface area (TPSA) is 80.9 Å². The van der Waals surface area contributed by atoms with E-state index in [4.69, 9.17) is 16.7 Å². The molecule has 1 aromatic rings. The van der Waals surface area contributed by atoms with Crippen LogP contribution >= 0.6 is 23.4 Å². The number of thioether (sulfide) groups is 1. The van der Waals surface area contributed by atoms with Crippen LogP contribution < -0.4 is 0 Å². The Kier molecular flexibility index (Phi) is 4.41. The van der Waals surface area contributed by atoms with E-state index in [1.807, 2.05) is 0 Å². The summed E-state index contributed by atoms with van der Waals surface area (Å²) in [5, 5.41) is 19.6. The second-order valence-electron chi connectivity index (χ2n) is 2.19. The van der Waals surface area contributed by atoms with Crippen molar-refractivity contribution in [2.24, 2.45) is 0 Å². The second kappa shape index (κ2) is 5.61. The monoisotopic (exact) mass is 234 g/mol. The molecule has 1 heterocycles. The van der Waals surface area contributed by atoms with E-state index < -0.39 is 5.97 Å². The van der Waals surface area contributed by atoms with E-state index in [1.54, 1.807) is 6.08 Å². The summed E-state index contributed by atoms with van der Waals surface area (Å²) < 4.78 is 1.22. The van der Waals surface area contributed by atoms with E-state index in [1.165, 1.54) is 22.0 Å². The molecule has 0 amide bonds. The average molecular weight is 235 g/mol. The Hall–Kier alpha value is -1.08. The van der Waals surface area contributed by atoms with Gasteiger partial charge in [-0.15, -0.1) is 5.10 Å². The first kappa shape index (κ1) is 11.0. The first-order chi connectivity index (χ1) is 6.74. The molecule has 0 atom stereocenters. The van der Waals surface area contributed by atoms with E-state index in [0.717, 1.165) is 0 Å². The fourth-order valence-corrected chi connectivity index (χ4v) is 1.57. The molecular formula is C6H7ClN4O2S. The van der Waals surface area contributed by atoms with Gasteiger partial charge in [-0.3, -0.25) is 4.79 Å². The van der Waals surface area contributed by atoms with Crippen LogP contribution in [-0.4, -0.2) is 37.0 Å². The number of halogens is 1. The fourth-order valence-electron chi connectivity index (χ4n) is 0.686. The summed E-state index contributed by atoms with van der Waals surface area (Å²) in [5.41, 5.74) is 1.39. The molecule has 0 unspecified atom stereocenters. The molecular weight excluding hydrogens is 228 g/mol. The van der Waals surface area contributed by atoms with Gasteiger partial charge in [0.1, 0.15) is 6.54 Å². The van der Waals surface area contributed by atoms with E-state index >= 15 is 0 Å². The lowest BCUT2D eigenvalue weighted by atomic mass is 10.7. The summed E-state index contributed by atoms with van der Waals surface area (Å²) in [6, 6.07) is 0. The number of carboxylic acids is 1. The lowest BCUT2D eigenvalue weighted by Crippen LogP contribution is -2.11. The van der Waals surface area contributed by atoms with Crippen molar-refractivity contribution < 1.29 is 9.90 Å². The van der Waals surface area contributed by atoms with Crippen LogP contribution in [0.4, 0.5) is 0 Å². The minimum Gasteiger partial charge on any atom is -0.480 e. The van der Waals surface area contributed by atoms with Gasteiger partial charge in [-0.05, 0) is 10.4 Å². The third-order valence-corrected chi connectivity index (χ3v) is 2.27.